The fraction of sp³-hybridized carbons (Fsp3) is 0.286. The maximum absolute atomic E-state index is 12.0. The summed E-state index contributed by atoms with van der Waals surface area (Å²) >= 11 is 0. The van der Waals surface area contributed by atoms with E-state index in [-0.39, 0.29) is 82.8 Å². The highest BCUT2D eigenvalue weighted by molar-refractivity contribution is 5.89. The van der Waals surface area contributed by atoms with E-state index in [0.29, 0.717) is 51.8 Å². The van der Waals surface area contributed by atoms with Crippen LogP contribution in [0.3, 0.4) is 0 Å². The highest BCUT2D eigenvalue weighted by Crippen LogP contribution is 2.40. The molecule has 0 unspecified atom stereocenters. The van der Waals surface area contributed by atoms with E-state index in [0.717, 1.165) is 0 Å². The molecule has 0 aromatic heterocycles. The average Bonchev–Trinajstić information content (AvgIpc) is 3.87. The number of hydrogen-bond acceptors (Lipinski definition) is 13. The van der Waals surface area contributed by atoms with Gasteiger partial charge in [0, 0.05) is 12.1 Å². The minimum Gasteiger partial charge on any atom is -0.491 e. The SMILES string of the molecule is C=C(/C=C\C1=C(C)OCO1)OCCOc1cc(C(=O)O)cc(OCCOc2ccc3c(c2)OCO3)c1OCCOc1ccc2c(c1)OCO2. The van der Waals surface area contributed by atoms with Crippen LogP contribution >= 0.6 is 0 Å². The quantitative estimate of drug-likeness (QED) is 0.103. The minimum absolute atomic E-state index is 0.0357. The molecule has 14 nitrogen and oxygen atoms in total. The van der Waals surface area contributed by atoms with Crippen LogP contribution in [0.15, 0.2) is 84.5 Å². The van der Waals surface area contributed by atoms with Crippen molar-refractivity contribution in [2.24, 2.45) is 0 Å². The van der Waals surface area contributed by atoms with Crippen molar-refractivity contribution in [3.05, 3.63) is 90.1 Å². The van der Waals surface area contributed by atoms with E-state index in [1.54, 1.807) is 55.5 Å². The third-order valence-electron chi connectivity index (χ3n) is 7.05. The Labute approximate surface area is 281 Å². The summed E-state index contributed by atoms with van der Waals surface area (Å²) in [5.74, 6) is 4.47. The first-order chi connectivity index (χ1) is 23.9. The summed E-state index contributed by atoms with van der Waals surface area (Å²) in [7, 11) is 0. The van der Waals surface area contributed by atoms with E-state index < -0.39 is 5.97 Å². The van der Waals surface area contributed by atoms with Gasteiger partial charge in [-0.2, -0.15) is 0 Å². The van der Waals surface area contributed by atoms with Crippen molar-refractivity contribution in [1.82, 2.24) is 0 Å². The van der Waals surface area contributed by atoms with Gasteiger partial charge in [0.2, 0.25) is 26.1 Å². The van der Waals surface area contributed by atoms with Gasteiger partial charge in [-0.3, -0.25) is 0 Å². The summed E-state index contributed by atoms with van der Waals surface area (Å²) in [6, 6.07) is 13.2. The van der Waals surface area contributed by atoms with E-state index in [9.17, 15) is 9.90 Å². The normalized spacial score (nSPS) is 13.9. The first-order valence-corrected chi connectivity index (χ1v) is 15.2. The molecule has 3 aromatic carbocycles. The lowest BCUT2D eigenvalue weighted by Crippen LogP contribution is -2.14. The van der Waals surface area contributed by atoms with Crippen LogP contribution in [-0.4, -0.2) is 71.1 Å². The Hall–Kier alpha value is -6.05. The molecule has 14 heteroatoms. The number of hydrogen-bond donors (Lipinski definition) is 1. The standard InChI is InChI=1S/C35H34O14/c1-22(3-6-27-23(2)44-19-45-27)38-9-12-41-32-15-24(35(36)37)16-33(42-13-10-39-25-4-7-28-30(17-25)48-20-46-28)34(32)43-14-11-40-26-5-8-29-31(18-26)49-21-47-29/h3-8,15-18H,1,9-14,19-21H2,2H3,(H,36,37)/b6-3-. The van der Waals surface area contributed by atoms with E-state index in [4.69, 9.17) is 56.8 Å². The highest BCUT2D eigenvalue weighted by atomic mass is 16.7. The number of aromatic carboxylic acids is 1. The van der Waals surface area contributed by atoms with Gasteiger partial charge < -0.3 is 61.9 Å². The molecule has 3 aliphatic heterocycles. The van der Waals surface area contributed by atoms with Gasteiger partial charge in [-0.25, -0.2) is 4.79 Å². The minimum atomic E-state index is -1.18. The molecule has 0 saturated heterocycles. The molecule has 3 aromatic rings. The molecule has 0 atom stereocenters. The van der Waals surface area contributed by atoms with Crippen molar-refractivity contribution in [3.63, 3.8) is 0 Å². The average molecular weight is 679 g/mol. The molecule has 3 aliphatic rings. The number of rotatable bonds is 18. The van der Waals surface area contributed by atoms with Gasteiger partial charge in [0.25, 0.3) is 0 Å². The summed E-state index contributed by atoms with van der Waals surface area (Å²) in [4.78, 5) is 12.0. The van der Waals surface area contributed by atoms with Gasteiger partial charge >= 0.3 is 5.97 Å². The van der Waals surface area contributed by atoms with Gasteiger partial charge in [-0.15, -0.1) is 0 Å². The molecule has 6 rings (SSSR count). The Kier molecular flexibility index (Phi) is 10.5. The molecule has 0 fully saturated rings. The Morgan fingerprint density at radius 2 is 1.22 bits per heavy atom. The van der Waals surface area contributed by atoms with Crippen molar-refractivity contribution >= 4 is 5.97 Å². The second kappa shape index (κ2) is 15.7. The molecule has 3 heterocycles. The lowest BCUT2D eigenvalue weighted by molar-refractivity contribution is 0.0694. The lowest BCUT2D eigenvalue weighted by atomic mass is 10.2. The number of carboxylic acids is 1. The van der Waals surface area contributed by atoms with E-state index in [1.165, 1.54) is 12.1 Å². The zero-order chi connectivity index (χ0) is 34.0. The fourth-order valence-corrected chi connectivity index (χ4v) is 4.67. The number of ether oxygens (including phenoxy) is 12. The van der Waals surface area contributed by atoms with Crippen LogP contribution in [0.5, 0.6) is 51.7 Å². The first kappa shape index (κ1) is 32.9. The molecule has 0 aliphatic carbocycles. The Morgan fingerprint density at radius 3 is 1.80 bits per heavy atom. The van der Waals surface area contributed by atoms with Crippen LogP contribution in [0.25, 0.3) is 0 Å². The zero-order valence-electron chi connectivity index (χ0n) is 26.6. The monoisotopic (exact) mass is 678 g/mol. The summed E-state index contributed by atoms with van der Waals surface area (Å²) in [5.41, 5.74) is -0.0682. The largest absolute Gasteiger partial charge is 0.491 e. The second-order valence-electron chi connectivity index (χ2n) is 10.4. The first-order valence-electron chi connectivity index (χ1n) is 15.2. The fourth-order valence-electron chi connectivity index (χ4n) is 4.67. The van der Waals surface area contributed by atoms with Crippen molar-refractivity contribution in [2.75, 3.05) is 60.0 Å². The third-order valence-corrected chi connectivity index (χ3v) is 7.05. The number of allylic oxidation sites excluding steroid dienone is 3. The molecule has 0 radical (unpaired) electrons. The molecule has 0 bridgehead atoms. The highest BCUT2D eigenvalue weighted by Gasteiger charge is 2.20. The van der Waals surface area contributed by atoms with E-state index in [1.807, 2.05) is 0 Å². The summed E-state index contributed by atoms with van der Waals surface area (Å²) in [6.45, 7) is 6.67. The lowest BCUT2D eigenvalue weighted by Gasteiger charge is -2.18. The van der Waals surface area contributed by atoms with Crippen LogP contribution < -0.4 is 42.6 Å². The number of carboxylic acid groups (broad SMARTS) is 1. The number of benzene rings is 3. The second-order valence-corrected chi connectivity index (χ2v) is 10.4. The predicted octanol–water partition coefficient (Wildman–Crippen LogP) is 5.46. The molecular formula is C35H34O14. The van der Waals surface area contributed by atoms with Crippen LogP contribution in [0.2, 0.25) is 0 Å². The van der Waals surface area contributed by atoms with Crippen molar-refractivity contribution in [3.8, 4) is 51.7 Å². The molecule has 258 valence electrons. The maximum Gasteiger partial charge on any atom is 0.335 e. The smallest absolute Gasteiger partial charge is 0.335 e. The number of carbonyl (C=O) groups is 1. The summed E-state index contributed by atoms with van der Waals surface area (Å²) in [5, 5.41) is 9.84. The molecule has 49 heavy (non-hydrogen) atoms. The van der Waals surface area contributed by atoms with Crippen molar-refractivity contribution in [2.45, 2.75) is 6.92 Å². The predicted molar refractivity (Wildman–Crippen MR) is 170 cm³/mol. The van der Waals surface area contributed by atoms with Gasteiger partial charge in [0.1, 0.15) is 62.7 Å². The van der Waals surface area contributed by atoms with Crippen LogP contribution in [0, 0.1) is 0 Å². The van der Waals surface area contributed by atoms with E-state index >= 15 is 0 Å². The molecule has 0 saturated carbocycles. The van der Waals surface area contributed by atoms with Gasteiger partial charge in [0.15, 0.2) is 40.3 Å². The third kappa shape index (κ3) is 8.66. The molecular weight excluding hydrogens is 644 g/mol. The van der Waals surface area contributed by atoms with Gasteiger partial charge in [-0.1, -0.05) is 6.58 Å². The number of fused-ring (bicyclic) bond motifs is 2. The van der Waals surface area contributed by atoms with E-state index in [2.05, 4.69) is 6.58 Å². The Bertz CT molecular complexity index is 1730. The topological polar surface area (TPSA) is 148 Å². The van der Waals surface area contributed by atoms with Crippen LogP contribution in [0.4, 0.5) is 0 Å². The summed E-state index contributed by atoms with van der Waals surface area (Å²) < 4.78 is 67.4. The van der Waals surface area contributed by atoms with Gasteiger partial charge in [-0.05, 0) is 55.5 Å². The summed E-state index contributed by atoms with van der Waals surface area (Å²) in [6.07, 6.45) is 3.34. The molecule has 0 spiro atoms. The Morgan fingerprint density at radius 1 is 0.694 bits per heavy atom. The molecule has 0 amide bonds. The van der Waals surface area contributed by atoms with Crippen LogP contribution in [0.1, 0.15) is 17.3 Å². The van der Waals surface area contributed by atoms with Gasteiger partial charge in [0.05, 0.1) is 5.56 Å². The van der Waals surface area contributed by atoms with Crippen molar-refractivity contribution < 1.29 is 66.7 Å². The van der Waals surface area contributed by atoms with Crippen LogP contribution in [-0.2, 0) is 14.2 Å². The molecule has 1 N–H and O–H groups in total. The zero-order valence-corrected chi connectivity index (χ0v) is 26.6. The van der Waals surface area contributed by atoms with Crippen molar-refractivity contribution in [1.29, 1.82) is 0 Å². The Balaban J connectivity index is 1.10. The maximum atomic E-state index is 12.0.